The van der Waals surface area contributed by atoms with E-state index in [-0.39, 0.29) is 48.9 Å². The van der Waals surface area contributed by atoms with Crippen LogP contribution in [0.1, 0.15) is 89.2 Å². The van der Waals surface area contributed by atoms with Gasteiger partial charge in [0.15, 0.2) is 6.61 Å². The van der Waals surface area contributed by atoms with E-state index in [1.165, 1.54) is 0 Å². The molecule has 1 amide bonds. The van der Waals surface area contributed by atoms with Crippen molar-refractivity contribution in [1.29, 1.82) is 0 Å². The van der Waals surface area contributed by atoms with E-state index in [0.717, 1.165) is 61.2 Å². The van der Waals surface area contributed by atoms with Crippen molar-refractivity contribution in [2.75, 3.05) is 38.3 Å². The maximum absolute atomic E-state index is 12.6. The van der Waals surface area contributed by atoms with Gasteiger partial charge in [0.05, 0.1) is 18.8 Å². The van der Waals surface area contributed by atoms with Gasteiger partial charge in [0.2, 0.25) is 0 Å². The highest BCUT2D eigenvalue weighted by Gasteiger charge is 2.39. The molecule has 1 saturated carbocycles. The molecule has 9 heteroatoms. The van der Waals surface area contributed by atoms with Gasteiger partial charge in [-0.25, -0.2) is 0 Å². The van der Waals surface area contributed by atoms with Crippen LogP contribution in [0.3, 0.4) is 0 Å². The van der Waals surface area contributed by atoms with Crippen LogP contribution in [0.5, 0.6) is 0 Å². The minimum absolute atomic E-state index is 0.0567. The summed E-state index contributed by atoms with van der Waals surface area (Å²) in [4.78, 5) is 39.3. The van der Waals surface area contributed by atoms with E-state index in [1.807, 2.05) is 29.2 Å². The van der Waals surface area contributed by atoms with Crippen LogP contribution in [0, 0.1) is 11.8 Å². The van der Waals surface area contributed by atoms with Crippen LogP contribution >= 0.6 is 11.8 Å². The molecule has 2 N–H and O–H groups in total. The van der Waals surface area contributed by atoms with E-state index < -0.39 is 12.2 Å². The highest BCUT2D eigenvalue weighted by Crippen LogP contribution is 2.34. The van der Waals surface area contributed by atoms with Crippen LogP contribution in [0.4, 0.5) is 0 Å². The molecule has 0 radical (unpaired) electrons. The third kappa shape index (κ3) is 14.7. The van der Waals surface area contributed by atoms with Crippen LogP contribution in [-0.4, -0.2) is 83.3 Å². The monoisotopic (exact) mass is 633 g/mol. The zero-order valence-corrected chi connectivity index (χ0v) is 27.9. The summed E-state index contributed by atoms with van der Waals surface area (Å²) in [6.45, 7) is 6.02. The number of esters is 1. The lowest BCUT2D eigenvalue weighted by Crippen LogP contribution is -2.36. The number of aliphatic hydroxyl groups excluding tert-OH is 2. The van der Waals surface area contributed by atoms with Gasteiger partial charge in [-0.15, -0.1) is 0 Å². The smallest absolute Gasteiger partial charge is 0.306 e. The van der Waals surface area contributed by atoms with Gasteiger partial charge in [0, 0.05) is 51.3 Å². The maximum atomic E-state index is 12.6. The zero-order chi connectivity index (χ0) is 32.2. The third-order valence-electron chi connectivity index (χ3n) is 8.05. The van der Waals surface area contributed by atoms with E-state index in [4.69, 9.17) is 9.47 Å². The highest BCUT2D eigenvalue weighted by atomic mass is 32.2. The predicted octanol–water partition coefficient (Wildman–Crippen LogP) is 5.51. The van der Waals surface area contributed by atoms with Gasteiger partial charge in [-0.3, -0.25) is 14.4 Å². The summed E-state index contributed by atoms with van der Waals surface area (Å²) in [5.74, 6) is 0.475. The first-order valence-electron chi connectivity index (χ1n) is 16.4. The minimum atomic E-state index is -0.738. The molecule has 0 saturated heterocycles. The number of rotatable bonds is 23. The molecule has 1 aromatic carbocycles. The fourth-order valence-corrected chi connectivity index (χ4v) is 6.55. The van der Waals surface area contributed by atoms with Gasteiger partial charge >= 0.3 is 5.97 Å². The van der Waals surface area contributed by atoms with Crippen molar-refractivity contribution >= 4 is 29.4 Å². The number of nitrogens with zero attached hydrogens (tertiary/aromatic N) is 1. The summed E-state index contributed by atoms with van der Waals surface area (Å²) in [6.07, 6.45) is 10.4. The first-order chi connectivity index (χ1) is 21.3. The second kappa shape index (κ2) is 22.3. The number of ether oxygens (including phenoxy) is 2. The molecule has 2 rings (SSSR count). The fourth-order valence-electron chi connectivity index (χ4n) is 5.57. The van der Waals surface area contributed by atoms with Crippen LogP contribution in [0.15, 0.2) is 36.4 Å². The van der Waals surface area contributed by atoms with Gasteiger partial charge in [0.25, 0.3) is 5.91 Å². The van der Waals surface area contributed by atoms with Crippen LogP contribution in [0.2, 0.25) is 0 Å². The van der Waals surface area contributed by atoms with Crippen LogP contribution in [-0.2, 0) is 36.9 Å². The SMILES string of the molecule is CCCCCN(CCCCC)C(=O)COC(=O)CCCSCC[C@H]1C(=O)C[C@@H](O)[C@@H]1/C=C/[C@@H](O)Cc1cccc(COC)c1. The Balaban J connectivity index is 1.69. The van der Waals surface area contributed by atoms with Crippen molar-refractivity contribution in [2.24, 2.45) is 11.8 Å². The number of thioether (sulfide) groups is 1. The predicted molar refractivity (Wildman–Crippen MR) is 176 cm³/mol. The summed E-state index contributed by atoms with van der Waals surface area (Å²) in [6, 6.07) is 7.89. The molecule has 1 aliphatic rings. The highest BCUT2D eigenvalue weighted by molar-refractivity contribution is 7.99. The Morgan fingerprint density at radius 2 is 1.77 bits per heavy atom. The van der Waals surface area contributed by atoms with Gasteiger partial charge in [-0.1, -0.05) is 75.9 Å². The molecule has 0 aromatic heterocycles. The lowest BCUT2D eigenvalue weighted by molar-refractivity contribution is -0.152. The number of carbonyl (C=O) groups excluding carboxylic acids is 3. The summed E-state index contributed by atoms with van der Waals surface area (Å²) in [7, 11) is 1.65. The molecule has 1 aromatic rings. The van der Waals surface area contributed by atoms with Gasteiger partial charge in [-0.2, -0.15) is 11.8 Å². The quantitative estimate of drug-likeness (QED) is 0.0921. The topological polar surface area (TPSA) is 113 Å². The molecule has 0 heterocycles. The standard InChI is InChI=1S/C35H55NO7S/c1-4-6-8-18-36(19-9-7-5-2)34(40)26-43-35(41)14-11-20-44-21-17-31-30(32(38)24-33(31)39)16-15-29(37)23-27-12-10-13-28(22-27)25-42-3/h10,12-13,15-16,22,29-32,37-38H,4-9,11,14,17-21,23-26H2,1-3H3/b16-15+/t29-,30-,31-,32-/m1/s1. The van der Waals surface area contributed by atoms with Crippen molar-refractivity contribution in [2.45, 2.75) is 103 Å². The van der Waals surface area contributed by atoms with Crippen LogP contribution < -0.4 is 0 Å². The van der Waals surface area contributed by atoms with E-state index in [2.05, 4.69) is 13.8 Å². The molecular formula is C35H55NO7S. The van der Waals surface area contributed by atoms with E-state index >= 15 is 0 Å². The second-order valence-electron chi connectivity index (χ2n) is 11.8. The largest absolute Gasteiger partial charge is 0.456 e. The average Bonchev–Trinajstić information content (AvgIpc) is 3.27. The van der Waals surface area contributed by atoms with Gasteiger partial charge in [-0.05, 0) is 48.3 Å². The van der Waals surface area contributed by atoms with Crippen molar-refractivity contribution < 1.29 is 34.1 Å². The number of Topliss-reactive ketones (excluding diaryl/α,β-unsaturated/α-hetero) is 1. The zero-order valence-electron chi connectivity index (χ0n) is 27.1. The Bertz CT molecular complexity index is 1010. The van der Waals surface area contributed by atoms with Gasteiger partial charge < -0.3 is 24.6 Å². The second-order valence-corrected chi connectivity index (χ2v) is 13.0. The van der Waals surface area contributed by atoms with Crippen LogP contribution in [0.25, 0.3) is 0 Å². The molecule has 0 aliphatic heterocycles. The maximum Gasteiger partial charge on any atom is 0.306 e. The van der Waals surface area contributed by atoms with Crippen molar-refractivity contribution in [3.63, 3.8) is 0 Å². The van der Waals surface area contributed by atoms with E-state index in [1.54, 1.807) is 31.0 Å². The number of carbonyl (C=O) groups is 3. The fraction of sp³-hybridized carbons (Fsp3) is 0.686. The first-order valence-corrected chi connectivity index (χ1v) is 17.6. The van der Waals surface area contributed by atoms with Gasteiger partial charge in [0.1, 0.15) is 5.78 Å². The van der Waals surface area contributed by atoms with Crippen molar-refractivity contribution in [3.05, 3.63) is 47.5 Å². The molecule has 0 spiro atoms. The number of aliphatic hydroxyl groups is 2. The summed E-state index contributed by atoms with van der Waals surface area (Å²) in [5.41, 5.74) is 2.04. The van der Waals surface area contributed by atoms with E-state index in [9.17, 15) is 24.6 Å². The molecule has 0 bridgehead atoms. The number of amides is 1. The van der Waals surface area contributed by atoms with E-state index in [0.29, 0.717) is 39.0 Å². The summed E-state index contributed by atoms with van der Waals surface area (Å²) < 4.78 is 10.5. The first kappa shape index (κ1) is 38.0. The molecule has 1 fully saturated rings. The number of hydrogen-bond acceptors (Lipinski definition) is 8. The third-order valence-corrected chi connectivity index (χ3v) is 9.15. The normalized spacial score (nSPS) is 19.0. The minimum Gasteiger partial charge on any atom is -0.456 e. The number of hydrogen-bond donors (Lipinski definition) is 2. The molecule has 0 unspecified atom stereocenters. The molecule has 44 heavy (non-hydrogen) atoms. The Hall–Kier alpha value is -2.20. The van der Waals surface area contributed by atoms with Crippen molar-refractivity contribution in [3.8, 4) is 0 Å². The molecular weight excluding hydrogens is 578 g/mol. The number of unbranched alkanes of at least 4 members (excludes halogenated alkanes) is 4. The Morgan fingerprint density at radius 3 is 2.45 bits per heavy atom. The number of methoxy groups -OCH3 is 1. The summed E-state index contributed by atoms with van der Waals surface area (Å²) in [5, 5.41) is 21.1. The molecule has 4 atom stereocenters. The Kier molecular flexibility index (Phi) is 19.3. The van der Waals surface area contributed by atoms with Crippen molar-refractivity contribution in [1.82, 2.24) is 4.90 Å². The number of benzene rings is 1. The lowest BCUT2D eigenvalue weighted by atomic mass is 9.91. The molecule has 1 aliphatic carbocycles. The average molecular weight is 634 g/mol. The number of ketones is 1. The summed E-state index contributed by atoms with van der Waals surface area (Å²) >= 11 is 1.67. The Labute approximate surface area is 269 Å². The lowest BCUT2D eigenvalue weighted by Gasteiger charge is -2.22. The Morgan fingerprint density at radius 1 is 1.07 bits per heavy atom. The molecule has 8 nitrogen and oxygen atoms in total. The molecule has 248 valence electrons.